The maximum Gasteiger partial charge on any atom is 0.338 e. The van der Waals surface area contributed by atoms with Gasteiger partial charge in [0.05, 0.1) is 32.0 Å². The number of phenols is 1. The molecular formula is C24H18I2N2O6S. The summed E-state index contributed by atoms with van der Waals surface area (Å²) in [7, 11) is 0. The van der Waals surface area contributed by atoms with Crippen LogP contribution in [0.15, 0.2) is 51.4 Å². The molecule has 2 aliphatic rings. The van der Waals surface area contributed by atoms with Crippen LogP contribution in [-0.4, -0.2) is 29.0 Å². The van der Waals surface area contributed by atoms with Gasteiger partial charge in [-0.2, -0.15) is 0 Å². The summed E-state index contributed by atoms with van der Waals surface area (Å²) in [6, 6.07) is 8.24. The van der Waals surface area contributed by atoms with Crippen molar-refractivity contribution in [3.8, 4) is 17.2 Å². The van der Waals surface area contributed by atoms with Gasteiger partial charge in [0.2, 0.25) is 6.79 Å². The fourth-order valence-corrected chi connectivity index (χ4v) is 6.95. The Kier molecular flexibility index (Phi) is 6.65. The summed E-state index contributed by atoms with van der Waals surface area (Å²) in [5.41, 5.74) is 1.65. The first kappa shape index (κ1) is 24.3. The fraction of sp³-hybridized carbons (Fsp3) is 0.208. The molecule has 35 heavy (non-hydrogen) atoms. The number of ether oxygens (including phenoxy) is 3. The molecule has 1 N–H and O–H groups in total. The van der Waals surface area contributed by atoms with Gasteiger partial charge >= 0.3 is 5.97 Å². The molecule has 8 nitrogen and oxygen atoms in total. The SMILES string of the molecule is CCOC(=O)C1=C(C)N=c2s/c(=C\c3cc(I)cc(I)c3O)c(=O)n2C1c1ccc2c(c1)OCO2. The summed E-state index contributed by atoms with van der Waals surface area (Å²) in [5.74, 6) is 0.715. The van der Waals surface area contributed by atoms with Gasteiger partial charge in [0.1, 0.15) is 5.75 Å². The van der Waals surface area contributed by atoms with Crippen LogP contribution in [-0.2, 0) is 9.53 Å². The minimum Gasteiger partial charge on any atom is -0.506 e. The number of thiazole rings is 1. The summed E-state index contributed by atoms with van der Waals surface area (Å²) in [6.45, 7) is 3.77. The first-order valence-electron chi connectivity index (χ1n) is 10.6. The molecule has 0 radical (unpaired) electrons. The molecule has 5 rings (SSSR count). The van der Waals surface area contributed by atoms with Gasteiger partial charge in [0.15, 0.2) is 16.3 Å². The Bertz CT molecular complexity index is 1590. The highest BCUT2D eigenvalue weighted by Gasteiger charge is 2.34. The van der Waals surface area contributed by atoms with Gasteiger partial charge in [-0.05, 0) is 94.9 Å². The number of allylic oxidation sites excluding steroid dienone is 1. The van der Waals surface area contributed by atoms with Gasteiger partial charge in [0.25, 0.3) is 5.56 Å². The number of hydrogen-bond acceptors (Lipinski definition) is 8. The molecule has 2 aromatic carbocycles. The number of hydrogen-bond donors (Lipinski definition) is 1. The molecule has 180 valence electrons. The zero-order valence-electron chi connectivity index (χ0n) is 18.5. The maximum absolute atomic E-state index is 13.7. The summed E-state index contributed by atoms with van der Waals surface area (Å²) >= 11 is 5.42. The first-order chi connectivity index (χ1) is 16.8. The topological polar surface area (TPSA) is 99.4 Å². The van der Waals surface area contributed by atoms with E-state index in [4.69, 9.17) is 14.2 Å². The molecule has 0 amide bonds. The van der Waals surface area contributed by atoms with Gasteiger partial charge < -0.3 is 19.3 Å². The van der Waals surface area contributed by atoms with Crippen molar-refractivity contribution in [3.05, 3.63) is 79.6 Å². The number of halogens is 2. The van der Waals surface area contributed by atoms with E-state index in [0.717, 1.165) is 3.57 Å². The van der Waals surface area contributed by atoms with Gasteiger partial charge in [0, 0.05) is 9.13 Å². The lowest BCUT2D eigenvalue weighted by molar-refractivity contribution is -0.139. The zero-order valence-corrected chi connectivity index (χ0v) is 23.6. The van der Waals surface area contributed by atoms with E-state index in [2.05, 4.69) is 50.2 Å². The highest BCUT2D eigenvalue weighted by Crippen LogP contribution is 2.38. The second kappa shape index (κ2) is 9.58. The number of phenolic OH excluding ortho intramolecular Hbond substituents is 1. The van der Waals surface area contributed by atoms with Crippen molar-refractivity contribution in [2.75, 3.05) is 13.4 Å². The molecule has 0 spiro atoms. The minimum atomic E-state index is -0.758. The molecule has 0 bridgehead atoms. The third-order valence-electron chi connectivity index (χ3n) is 5.57. The second-order valence-electron chi connectivity index (χ2n) is 7.74. The van der Waals surface area contributed by atoms with E-state index >= 15 is 0 Å². The van der Waals surface area contributed by atoms with Gasteiger partial charge in [-0.25, -0.2) is 9.79 Å². The molecule has 1 unspecified atom stereocenters. The third-order valence-corrected chi connectivity index (χ3v) is 8.00. The van der Waals surface area contributed by atoms with Crippen LogP contribution in [0.2, 0.25) is 0 Å². The van der Waals surface area contributed by atoms with Crippen molar-refractivity contribution < 1.29 is 24.1 Å². The number of rotatable bonds is 4. The predicted molar refractivity (Wildman–Crippen MR) is 147 cm³/mol. The number of benzene rings is 2. The smallest absolute Gasteiger partial charge is 0.338 e. The Balaban J connectivity index is 1.75. The summed E-state index contributed by atoms with van der Waals surface area (Å²) in [6.07, 6.45) is 1.66. The largest absolute Gasteiger partial charge is 0.506 e. The fourth-order valence-electron chi connectivity index (χ4n) is 4.03. The third kappa shape index (κ3) is 4.37. The Morgan fingerprint density at radius 2 is 2.06 bits per heavy atom. The van der Waals surface area contributed by atoms with E-state index in [-0.39, 0.29) is 30.3 Å². The summed E-state index contributed by atoms with van der Waals surface area (Å²) in [5, 5.41) is 10.5. The van der Waals surface area contributed by atoms with E-state index in [9.17, 15) is 14.7 Å². The maximum atomic E-state index is 13.7. The molecule has 2 aliphatic heterocycles. The van der Waals surface area contributed by atoms with Crippen LogP contribution in [0.25, 0.3) is 6.08 Å². The van der Waals surface area contributed by atoms with Crippen LogP contribution >= 0.6 is 56.5 Å². The zero-order chi connectivity index (χ0) is 24.9. The van der Waals surface area contributed by atoms with E-state index in [1.54, 1.807) is 44.2 Å². The second-order valence-corrected chi connectivity index (χ2v) is 11.2. The number of esters is 1. The number of carbonyl (C=O) groups excluding carboxylic acids is 1. The monoisotopic (exact) mass is 716 g/mol. The molecule has 0 saturated heterocycles. The van der Waals surface area contributed by atoms with Crippen molar-refractivity contribution in [2.24, 2.45) is 4.99 Å². The molecule has 0 saturated carbocycles. The molecule has 11 heteroatoms. The summed E-state index contributed by atoms with van der Waals surface area (Å²) < 4.78 is 19.8. The Morgan fingerprint density at radius 3 is 2.83 bits per heavy atom. The highest BCUT2D eigenvalue weighted by molar-refractivity contribution is 14.1. The van der Waals surface area contributed by atoms with Crippen LogP contribution in [0.4, 0.5) is 0 Å². The number of aromatic nitrogens is 1. The van der Waals surface area contributed by atoms with Crippen LogP contribution < -0.4 is 24.4 Å². The normalized spacial score (nSPS) is 16.8. The van der Waals surface area contributed by atoms with Gasteiger partial charge in [-0.1, -0.05) is 17.4 Å². The average Bonchev–Trinajstić information content (AvgIpc) is 3.40. The Labute approximate surface area is 230 Å². The van der Waals surface area contributed by atoms with E-state index in [1.165, 1.54) is 15.9 Å². The Morgan fingerprint density at radius 1 is 1.29 bits per heavy atom. The van der Waals surface area contributed by atoms with E-state index in [0.29, 0.717) is 41.2 Å². The van der Waals surface area contributed by atoms with Crippen LogP contribution in [0.3, 0.4) is 0 Å². The molecule has 3 aromatic rings. The lowest BCUT2D eigenvalue weighted by atomic mass is 9.95. The quantitative estimate of drug-likeness (QED) is 0.329. The molecule has 0 aliphatic carbocycles. The minimum absolute atomic E-state index is 0.104. The van der Waals surface area contributed by atoms with E-state index < -0.39 is 12.0 Å². The van der Waals surface area contributed by atoms with Gasteiger partial charge in [-0.15, -0.1) is 0 Å². The number of nitrogens with zero attached hydrogens (tertiary/aromatic N) is 2. The Hall–Kier alpha value is -2.39. The predicted octanol–water partition coefficient (Wildman–Crippen LogP) is 3.44. The van der Waals surface area contributed by atoms with Crippen LogP contribution in [0.1, 0.15) is 31.0 Å². The van der Waals surface area contributed by atoms with Crippen molar-refractivity contribution in [1.29, 1.82) is 0 Å². The van der Waals surface area contributed by atoms with Crippen LogP contribution in [0.5, 0.6) is 17.2 Å². The summed E-state index contributed by atoms with van der Waals surface area (Å²) in [4.78, 5) is 31.8. The van der Waals surface area contributed by atoms with Crippen molar-refractivity contribution in [2.45, 2.75) is 19.9 Å². The van der Waals surface area contributed by atoms with Crippen molar-refractivity contribution >= 4 is 68.6 Å². The molecule has 1 atom stereocenters. The lowest BCUT2D eigenvalue weighted by Crippen LogP contribution is -2.39. The number of fused-ring (bicyclic) bond motifs is 2. The first-order valence-corrected chi connectivity index (χ1v) is 13.5. The molecular weight excluding hydrogens is 698 g/mol. The highest BCUT2D eigenvalue weighted by atomic mass is 127. The average molecular weight is 716 g/mol. The van der Waals surface area contributed by atoms with Crippen molar-refractivity contribution in [3.63, 3.8) is 0 Å². The molecule has 1 aromatic heterocycles. The molecule has 0 fully saturated rings. The standard InChI is InChI=1S/C24H18I2N2O6S/c1-3-32-23(31)19-11(2)27-24-28(20(19)12-4-5-16-17(7-12)34-10-33-16)22(30)18(35-24)8-13-6-14(25)9-15(26)21(13)29/h4-9,20,29H,3,10H2,1-2H3/b18-8-. The number of carbonyl (C=O) groups is 1. The number of aromatic hydroxyl groups is 1. The lowest BCUT2D eigenvalue weighted by Gasteiger charge is -2.24. The van der Waals surface area contributed by atoms with Crippen LogP contribution in [0, 0.1) is 7.14 Å². The van der Waals surface area contributed by atoms with Crippen molar-refractivity contribution in [1.82, 2.24) is 4.57 Å². The van der Waals surface area contributed by atoms with E-state index in [1.807, 2.05) is 6.07 Å². The van der Waals surface area contributed by atoms with Gasteiger partial charge in [-0.3, -0.25) is 9.36 Å². The molecule has 3 heterocycles.